The minimum atomic E-state index is -0.887. The zero-order chi connectivity index (χ0) is 14.5. The summed E-state index contributed by atoms with van der Waals surface area (Å²) < 4.78 is 0. The van der Waals surface area contributed by atoms with Crippen molar-refractivity contribution in [2.24, 2.45) is 0 Å². The number of rotatable bonds is 6. The molecule has 0 bridgehead atoms. The number of H-pyrrole nitrogens is 1. The number of carboxylic acids is 1. The Bertz CT molecular complexity index is 666. The van der Waals surface area contributed by atoms with Crippen LogP contribution in [0.15, 0.2) is 29.1 Å². The highest BCUT2D eigenvalue weighted by Crippen LogP contribution is 2.07. The molecule has 0 aliphatic heterocycles. The highest BCUT2D eigenvalue weighted by molar-refractivity contribution is 5.77. The number of aromatic nitrogens is 2. The van der Waals surface area contributed by atoms with Gasteiger partial charge >= 0.3 is 5.97 Å². The van der Waals surface area contributed by atoms with Gasteiger partial charge in [-0.05, 0) is 25.1 Å². The van der Waals surface area contributed by atoms with Gasteiger partial charge in [0.2, 0.25) is 0 Å². The van der Waals surface area contributed by atoms with Gasteiger partial charge in [-0.1, -0.05) is 19.1 Å². The van der Waals surface area contributed by atoms with Crippen LogP contribution in [0.5, 0.6) is 0 Å². The zero-order valence-electron chi connectivity index (χ0n) is 11.3. The van der Waals surface area contributed by atoms with Gasteiger partial charge in [0.05, 0.1) is 24.0 Å². The molecule has 1 heterocycles. The highest BCUT2D eigenvalue weighted by Gasteiger charge is 2.11. The largest absolute Gasteiger partial charge is 0.480 e. The second-order valence-corrected chi connectivity index (χ2v) is 4.63. The SMILES string of the molecule is CCCN(CC(=O)O)Cc1nc2ccccc2c(=O)[nH]1. The van der Waals surface area contributed by atoms with Crippen molar-refractivity contribution < 1.29 is 9.90 Å². The number of aromatic amines is 1. The minimum absolute atomic E-state index is 0.0651. The molecular formula is C14H17N3O3. The molecule has 2 N–H and O–H groups in total. The lowest BCUT2D eigenvalue weighted by Gasteiger charge is -2.18. The Hall–Kier alpha value is -2.21. The van der Waals surface area contributed by atoms with Crippen molar-refractivity contribution in [2.45, 2.75) is 19.9 Å². The van der Waals surface area contributed by atoms with Crippen LogP contribution in [-0.2, 0) is 11.3 Å². The Morgan fingerprint density at radius 2 is 2.15 bits per heavy atom. The van der Waals surface area contributed by atoms with E-state index in [2.05, 4.69) is 9.97 Å². The van der Waals surface area contributed by atoms with E-state index in [9.17, 15) is 9.59 Å². The lowest BCUT2D eigenvalue weighted by atomic mass is 10.2. The van der Waals surface area contributed by atoms with Crippen LogP contribution in [0.4, 0.5) is 0 Å². The Kier molecular flexibility index (Phi) is 4.47. The fourth-order valence-corrected chi connectivity index (χ4v) is 2.14. The quantitative estimate of drug-likeness (QED) is 0.827. The van der Waals surface area contributed by atoms with Crippen LogP contribution in [0.1, 0.15) is 19.2 Å². The number of para-hydroxylation sites is 1. The first-order valence-electron chi connectivity index (χ1n) is 6.52. The Labute approximate surface area is 116 Å². The predicted octanol–water partition coefficient (Wildman–Crippen LogP) is 1.22. The van der Waals surface area contributed by atoms with E-state index in [1.165, 1.54) is 0 Å². The van der Waals surface area contributed by atoms with Crippen molar-refractivity contribution in [1.82, 2.24) is 14.9 Å². The fraction of sp³-hybridized carbons (Fsp3) is 0.357. The van der Waals surface area contributed by atoms with E-state index in [0.29, 0.717) is 29.8 Å². The van der Waals surface area contributed by atoms with Crippen LogP contribution in [0.3, 0.4) is 0 Å². The summed E-state index contributed by atoms with van der Waals surface area (Å²) in [5, 5.41) is 9.42. The van der Waals surface area contributed by atoms with Crippen molar-refractivity contribution >= 4 is 16.9 Å². The van der Waals surface area contributed by atoms with Crippen molar-refractivity contribution in [3.63, 3.8) is 0 Å². The molecule has 0 radical (unpaired) electrons. The van der Waals surface area contributed by atoms with Gasteiger partial charge in [0.15, 0.2) is 0 Å². The average Bonchev–Trinajstić information content (AvgIpc) is 2.38. The number of benzene rings is 1. The van der Waals surface area contributed by atoms with Crippen LogP contribution in [-0.4, -0.2) is 39.0 Å². The minimum Gasteiger partial charge on any atom is -0.480 e. The van der Waals surface area contributed by atoms with Crippen LogP contribution in [0.25, 0.3) is 10.9 Å². The van der Waals surface area contributed by atoms with Gasteiger partial charge in [-0.25, -0.2) is 4.98 Å². The Morgan fingerprint density at radius 3 is 2.85 bits per heavy atom. The monoisotopic (exact) mass is 275 g/mol. The molecule has 6 nitrogen and oxygen atoms in total. The van der Waals surface area contributed by atoms with Crippen LogP contribution < -0.4 is 5.56 Å². The standard InChI is InChI=1S/C14H17N3O3/c1-2-7-17(9-13(18)19)8-12-15-11-6-4-3-5-10(11)14(20)16-12/h3-6H,2,7-9H2,1H3,(H,18,19)(H,15,16,20). The van der Waals surface area contributed by atoms with Crippen molar-refractivity contribution in [2.75, 3.05) is 13.1 Å². The molecule has 0 amide bonds. The molecule has 0 fully saturated rings. The summed E-state index contributed by atoms with van der Waals surface area (Å²) in [5.74, 6) is -0.398. The summed E-state index contributed by atoms with van der Waals surface area (Å²) in [4.78, 5) is 31.6. The van der Waals surface area contributed by atoms with E-state index >= 15 is 0 Å². The van der Waals surface area contributed by atoms with E-state index in [1.807, 2.05) is 13.0 Å². The number of aliphatic carboxylic acids is 1. The maximum absolute atomic E-state index is 11.9. The number of carboxylic acid groups (broad SMARTS) is 1. The maximum atomic E-state index is 11.9. The van der Waals surface area contributed by atoms with Crippen LogP contribution in [0, 0.1) is 0 Å². The third kappa shape index (κ3) is 3.42. The first kappa shape index (κ1) is 14.2. The number of hydrogen-bond acceptors (Lipinski definition) is 4. The third-order valence-corrected chi connectivity index (χ3v) is 2.93. The summed E-state index contributed by atoms with van der Waals surface area (Å²) >= 11 is 0. The molecule has 2 rings (SSSR count). The smallest absolute Gasteiger partial charge is 0.317 e. The molecule has 1 aromatic heterocycles. The van der Waals surface area contributed by atoms with Crippen LogP contribution >= 0.6 is 0 Å². The van der Waals surface area contributed by atoms with E-state index in [1.54, 1.807) is 23.1 Å². The number of nitrogens with zero attached hydrogens (tertiary/aromatic N) is 2. The highest BCUT2D eigenvalue weighted by atomic mass is 16.4. The number of fused-ring (bicyclic) bond motifs is 1. The first-order valence-corrected chi connectivity index (χ1v) is 6.52. The Morgan fingerprint density at radius 1 is 1.40 bits per heavy atom. The number of hydrogen-bond donors (Lipinski definition) is 2. The molecule has 0 spiro atoms. The van der Waals surface area contributed by atoms with Gasteiger partial charge in [-0.15, -0.1) is 0 Å². The van der Waals surface area contributed by atoms with Crippen LogP contribution in [0.2, 0.25) is 0 Å². The van der Waals surface area contributed by atoms with Gasteiger partial charge in [-0.3, -0.25) is 14.5 Å². The molecule has 0 aliphatic carbocycles. The van der Waals surface area contributed by atoms with E-state index in [4.69, 9.17) is 5.11 Å². The topological polar surface area (TPSA) is 86.3 Å². The third-order valence-electron chi connectivity index (χ3n) is 2.93. The van der Waals surface area contributed by atoms with E-state index < -0.39 is 5.97 Å². The second-order valence-electron chi connectivity index (χ2n) is 4.63. The molecule has 2 aromatic rings. The summed E-state index contributed by atoms with van der Waals surface area (Å²) in [6.07, 6.45) is 0.838. The molecule has 0 atom stereocenters. The molecule has 0 saturated heterocycles. The maximum Gasteiger partial charge on any atom is 0.317 e. The van der Waals surface area contributed by atoms with Crippen molar-refractivity contribution in [3.8, 4) is 0 Å². The van der Waals surface area contributed by atoms with Gasteiger partial charge < -0.3 is 10.1 Å². The molecule has 0 unspecified atom stereocenters. The van der Waals surface area contributed by atoms with E-state index in [0.717, 1.165) is 6.42 Å². The molecule has 20 heavy (non-hydrogen) atoms. The number of nitrogens with one attached hydrogen (secondary N) is 1. The molecule has 1 aromatic carbocycles. The lowest BCUT2D eigenvalue weighted by molar-refractivity contribution is -0.138. The van der Waals surface area contributed by atoms with Gasteiger partial charge in [0, 0.05) is 0 Å². The van der Waals surface area contributed by atoms with Gasteiger partial charge in [0.25, 0.3) is 5.56 Å². The summed E-state index contributed by atoms with van der Waals surface area (Å²) in [7, 11) is 0. The van der Waals surface area contributed by atoms with Gasteiger partial charge in [0.1, 0.15) is 5.82 Å². The molecule has 0 aliphatic rings. The second kappa shape index (κ2) is 6.29. The predicted molar refractivity (Wildman–Crippen MR) is 75.6 cm³/mol. The number of carbonyl (C=O) groups is 1. The summed E-state index contributed by atoms with van der Waals surface area (Å²) in [6, 6.07) is 7.09. The van der Waals surface area contributed by atoms with Crippen molar-refractivity contribution in [3.05, 3.63) is 40.4 Å². The molecular weight excluding hydrogens is 258 g/mol. The molecule has 6 heteroatoms. The summed E-state index contributed by atoms with van der Waals surface area (Å²) in [6.45, 7) is 2.87. The molecule has 106 valence electrons. The fourth-order valence-electron chi connectivity index (χ4n) is 2.14. The van der Waals surface area contributed by atoms with E-state index in [-0.39, 0.29) is 12.1 Å². The lowest BCUT2D eigenvalue weighted by Crippen LogP contribution is -2.31. The van der Waals surface area contributed by atoms with Gasteiger partial charge in [-0.2, -0.15) is 0 Å². The normalized spacial score (nSPS) is 11.1. The first-order chi connectivity index (χ1) is 9.60. The average molecular weight is 275 g/mol. The summed E-state index contributed by atoms with van der Waals surface area (Å²) in [5.41, 5.74) is 0.426. The molecule has 0 saturated carbocycles. The van der Waals surface area contributed by atoms with Crippen molar-refractivity contribution in [1.29, 1.82) is 0 Å². The zero-order valence-corrected chi connectivity index (χ0v) is 11.3. The Balaban J connectivity index is 2.27.